The largest absolute Gasteiger partial charge is 0.481 e. The van der Waals surface area contributed by atoms with E-state index in [2.05, 4.69) is 27.2 Å². The first-order valence-corrected chi connectivity index (χ1v) is 8.01. The van der Waals surface area contributed by atoms with Gasteiger partial charge in [-0.15, -0.1) is 0 Å². The second kappa shape index (κ2) is 5.33. The summed E-state index contributed by atoms with van der Waals surface area (Å²) in [6.07, 6.45) is 4.19. The summed E-state index contributed by atoms with van der Waals surface area (Å²) in [7, 11) is 2.01. The summed E-state index contributed by atoms with van der Waals surface area (Å²) >= 11 is 0. The molecule has 118 valence electrons. The van der Waals surface area contributed by atoms with Crippen LogP contribution in [0.25, 0.3) is 0 Å². The predicted octanol–water partition coefficient (Wildman–Crippen LogP) is 2.35. The Labute approximate surface area is 135 Å². The van der Waals surface area contributed by atoms with Crippen LogP contribution in [0.15, 0.2) is 51.8 Å². The van der Waals surface area contributed by atoms with Crippen molar-refractivity contribution in [2.75, 3.05) is 7.05 Å². The highest BCUT2D eigenvalue weighted by Crippen LogP contribution is 2.46. The molecule has 3 unspecified atom stereocenters. The fourth-order valence-electron chi connectivity index (χ4n) is 4.26. The lowest BCUT2D eigenvalue weighted by Gasteiger charge is -2.27. The highest BCUT2D eigenvalue weighted by atomic mass is 16.4. The summed E-state index contributed by atoms with van der Waals surface area (Å²) < 4.78 is 0. The Morgan fingerprint density at radius 1 is 1.35 bits per heavy atom. The van der Waals surface area contributed by atoms with E-state index in [1.807, 2.05) is 25.2 Å². The average molecular weight is 309 g/mol. The number of benzene rings is 1. The molecular weight excluding hydrogens is 290 g/mol. The third kappa shape index (κ3) is 2.19. The molecule has 5 nitrogen and oxygen atoms in total. The second-order valence-corrected chi connectivity index (χ2v) is 6.47. The van der Waals surface area contributed by atoms with Crippen molar-refractivity contribution in [3.8, 4) is 0 Å². The van der Waals surface area contributed by atoms with Gasteiger partial charge in [0.15, 0.2) is 0 Å². The van der Waals surface area contributed by atoms with Crippen molar-refractivity contribution in [1.82, 2.24) is 4.90 Å². The number of likely N-dealkylation sites (N-methyl/N-ethyl adjacent to an activating group) is 1. The number of nitrogens with zero attached hydrogens (tertiary/aromatic N) is 3. The summed E-state index contributed by atoms with van der Waals surface area (Å²) in [6.45, 7) is 0. The van der Waals surface area contributed by atoms with Crippen molar-refractivity contribution < 1.29 is 9.90 Å². The second-order valence-electron chi connectivity index (χ2n) is 6.47. The van der Waals surface area contributed by atoms with Gasteiger partial charge in [-0.05, 0) is 24.8 Å². The fourth-order valence-corrected chi connectivity index (χ4v) is 4.26. The Morgan fingerprint density at radius 3 is 2.87 bits per heavy atom. The van der Waals surface area contributed by atoms with Crippen molar-refractivity contribution in [3.63, 3.8) is 0 Å². The molecule has 1 N–H and O–H groups in total. The zero-order valence-corrected chi connectivity index (χ0v) is 13.0. The van der Waals surface area contributed by atoms with E-state index < -0.39 is 5.97 Å². The molecule has 5 heteroatoms. The number of carboxylic acids is 1. The lowest BCUT2D eigenvalue weighted by Crippen LogP contribution is -2.35. The third-order valence-corrected chi connectivity index (χ3v) is 5.29. The smallest absolute Gasteiger partial charge is 0.309 e. The van der Waals surface area contributed by atoms with Crippen LogP contribution in [-0.2, 0) is 11.2 Å². The Kier molecular flexibility index (Phi) is 3.29. The monoisotopic (exact) mass is 309 g/mol. The average Bonchev–Trinajstić information content (AvgIpc) is 3.11. The van der Waals surface area contributed by atoms with E-state index in [4.69, 9.17) is 0 Å². The number of allylic oxidation sites excluding steroid dienone is 2. The van der Waals surface area contributed by atoms with Crippen LogP contribution in [0.5, 0.6) is 0 Å². The standard InChI is InChI=1S/C18H19N3O2/c1-21-15(9-11-5-3-2-4-6-11)16(18(22)23)12-7-8-14-13(17(12)21)10-19-20-14/h2-6,10,12,15-16H,7-9H2,1H3,(H,22,23). The molecule has 1 aliphatic carbocycles. The number of aliphatic carboxylic acids is 1. The van der Waals surface area contributed by atoms with Gasteiger partial charge in [0, 0.05) is 30.3 Å². The maximum atomic E-state index is 12.0. The SMILES string of the molecule is CN1C2=C3C=NN=C3CCC2C(C(=O)O)C1Cc1ccccc1. The minimum atomic E-state index is -0.700. The van der Waals surface area contributed by atoms with Crippen molar-refractivity contribution in [2.45, 2.75) is 25.3 Å². The zero-order chi connectivity index (χ0) is 16.0. The van der Waals surface area contributed by atoms with Gasteiger partial charge in [-0.3, -0.25) is 4.79 Å². The number of carboxylic acid groups (broad SMARTS) is 1. The molecule has 1 fully saturated rings. The first kappa shape index (κ1) is 14.2. The van der Waals surface area contributed by atoms with Gasteiger partial charge in [-0.25, -0.2) is 0 Å². The van der Waals surface area contributed by atoms with E-state index >= 15 is 0 Å². The Bertz CT molecular complexity index is 736. The minimum Gasteiger partial charge on any atom is -0.481 e. The topological polar surface area (TPSA) is 65.3 Å². The van der Waals surface area contributed by atoms with E-state index in [0.717, 1.165) is 36.2 Å². The number of likely N-dealkylation sites (tertiary alicyclic amines) is 1. The summed E-state index contributed by atoms with van der Waals surface area (Å²) in [4.78, 5) is 14.1. The summed E-state index contributed by atoms with van der Waals surface area (Å²) in [6, 6.07) is 10.1. The van der Waals surface area contributed by atoms with Crippen LogP contribution < -0.4 is 0 Å². The molecule has 1 aromatic carbocycles. The van der Waals surface area contributed by atoms with Crippen LogP contribution in [0.1, 0.15) is 18.4 Å². The van der Waals surface area contributed by atoms with Gasteiger partial charge in [0.25, 0.3) is 0 Å². The number of rotatable bonds is 3. The molecule has 3 atom stereocenters. The Morgan fingerprint density at radius 2 is 2.13 bits per heavy atom. The van der Waals surface area contributed by atoms with Crippen LogP contribution in [0.3, 0.4) is 0 Å². The summed E-state index contributed by atoms with van der Waals surface area (Å²) in [5, 5.41) is 18.1. The van der Waals surface area contributed by atoms with Gasteiger partial charge in [-0.1, -0.05) is 30.3 Å². The molecule has 0 radical (unpaired) electrons. The lowest BCUT2D eigenvalue weighted by molar-refractivity contribution is -0.143. The van der Waals surface area contributed by atoms with E-state index in [1.165, 1.54) is 5.56 Å². The molecule has 4 rings (SSSR count). The number of hydrogen-bond acceptors (Lipinski definition) is 4. The molecule has 0 spiro atoms. The normalized spacial score (nSPS) is 28.7. The number of fused-ring (bicyclic) bond motifs is 2. The van der Waals surface area contributed by atoms with Gasteiger partial charge in [-0.2, -0.15) is 10.2 Å². The minimum absolute atomic E-state index is 0.0317. The molecule has 1 saturated heterocycles. The third-order valence-electron chi connectivity index (χ3n) is 5.29. The molecule has 0 bridgehead atoms. The van der Waals surface area contributed by atoms with Gasteiger partial charge < -0.3 is 10.0 Å². The molecule has 2 aliphatic heterocycles. The Hall–Kier alpha value is -2.43. The van der Waals surface area contributed by atoms with Crippen molar-refractivity contribution in [3.05, 3.63) is 47.2 Å². The van der Waals surface area contributed by atoms with Gasteiger partial charge >= 0.3 is 5.97 Å². The predicted molar refractivity (Wildman–Crippen MR) is 88.5 cm³/mol. The molecule has 1 aromatic rings. The molecule has 3 aliphatic rings. The van der Waals surface area contributed by atoms with Crippen LogP contribution >= 0.6 is 0 Å². The number of hydrogen-bond donors (Lipinski definition) is 1. The summed E-state index contributed by atoms with van der Waals surface area (Å²) in [5.74, 6) is -1.02. The van der Waals surface area contributed by atoms with E-state index in [0.29, 0.717) is 0 Å². The van der Waals surface area contributed by atoms with Crippen molar-refractivity contribution in [2.24, 2.45) is 22.0 Å². The van der Waals surface area contributed by atoms with E-state index in [-0.39, 0.29) is 17.9 Å². The van der Waals surface area contributed by atoms with Gasteiger partial charge in [0.1, 0.15) is 0 Å². The zero-order valence-electron chi connectivity index (χ0n) is 13.0. The first-order chi connectivity index (χ1) is 11.2. The van der Waals surface area contributed by atoms with Gasteiger partial charge in [0.05, 0.1) is 17.8 Å². The first-order valence-electron chi connectivity index (χ1n) is 8.01. The molecule has 0 aromatic heterocycles. The maximum Gasteiger partial charge on any atom is 0.309 e. The maximum absolute atomic E-state index is 12.0. The highest BCUT2D eigenvalue weighted by Gasteiger charge is 2.50. The molecule has 0 saturated carbocycles. The van der Waals surface area contributed by atoms with Gasteiger partial charge in [0.2, 0.25) is 0 Å². The van der Waals surface area contributed by atoms with Crippen molar-refractivity contribution in [1.29, 1.82) is 0 Å². The van der Waals surface area contributed by atoms with E-state index in [9.17, 15) is 9.90 Å². The lowest BCUT2D eigenvalue weighted by atomic mass is 9.79. The quantitative estimate of drug-likeness (QED) is 0.932. The number of carbonyl (C=O) groups is 1. The van der Waals surface area contributed by atoms with Crippen LogP contribution in [0.4, 0.5) is 0 Å². The summed E-state index contributed by atoms with van der Waals surface area (Å²) in [5.41, 5.74) is 4.34. The molecule has 2 heterocycles. The van der Waals surface area contributed by atoms with Crippen LogP contribution in [0.2, 0.25) is 0 Å². The highest BCUT2D eigenvalue weighted by molar-refractivity contribution is 6.19. The fraction of sp³-hybridized carbons (Fsp3) is 0.389. The van der Waals surface area contributed by atoms with E-state index in [1.54, 1.807) is 6.21 Å². The molecule has 0 amide bonds. The van der Waals surface area contributed by atoms with Crippen LogP contribution in [0, 0.1) is 11.8 Å². The molecular formula is C18H19N3O2. The Balaban J connectivity index is 1.74. The molecule has 23 heavy (non-hydrogen) atoms. The van der Waals surface area contributed by atoms with Crippen molar-refractivity contribution >= 4 is 17.9 Å². The van der Waals surface area contributed by atoms with Crippen LogP contribution in [-0.4, -0.2) is 41.0 Å².